The Bertz CT molecular complexity index is 263. The number of aliphatic carboxylic acids is 1. The molecule has 15 heavy (non-hydrogen) atoms. The lowest BCUT2D eigenvalue weighted by molar-refractivity contribution is -0.157. The molecule has 0 radical (unpaired) electrons. The van der Waals surface area contributed by atoms with Gasteiger partial charge in [-0.2, -0.15) is 0 Å². The number of nitrogens with zero attached hydrogens (tertiary/aromatic N) is 2. The number of carbonyl (C=O) groups is 3. The van der Waals surface area contributed by atoms with E-state index in [1.54, 1.807) is 14.1 Å². The average molecular weight is 216 g/mol. The van der Waals surface area contributed by atoms with Crippen LogP contribution >= 0.6 is 0 Å². The molecule has 0 heterocycles. The highest BCUT2D eigenvalue weighted by Crippen LogP contribution is 1.95. The molecule has 0 aliphatic rings. The first-order valence-corrected chi connectivity index (χ1v) is 4.62. The van der Waals surface area contributed by atoms with E-state index in [2.05, 4.69) is 0 Å². The maximum atomic E-state index is 11.3. The van der Waals surface area contributed by atoms with E-state index in [0.29, 0.717) is 6.42 Å². The molecule has 0 rings (SSSR count). The number of carboxylic acids is 1. The van der Waals surface area contributed by atoms with E-state index in [1.165, 1.54) is 4.90 Å². The van der Waals surface area contributed by atoms with Gasteiger partial charge in [0, 0.05) is 20.6 Å². The monoisotopic (exact) mass is 216 g/mol. The van der Waals surface area contributed by atoms with Crippen molar-refractivity contribution in [3.8, 4) is 0 Å². The van der Waals surface area contributed by atoms with Gasteiger partial charge < -0.3 is 14.9 Å². The van der Waals surface area contributed by atoms with Gasteiger partial charge in [-0.25, -0.2) is 4.79 Å². The summed E-state index contributed by atoms with van der Waals surface area (Å²) in [6.07, 6.45) is 0.611. The summed E-state index contributed by atoms with van der Waals surface area (Å²) in [6.45, 7) is 1.89. The van der Waals surface area contributed by atoms with E-state index in [9.17, 15) is 14.4 Å². The van der Waals surface area contributed by atoms with E-state index >= 15 is 0 Å². The molecule has 0 fully saturated rings. The summed E-state index contributed by atoms with van der Waals surface area (Å²) in [6, 6.07) is 0. The fourth-order valence-electron chi connectivity index (χ4n) is 0.962. The molecule has 6 nitrogen and oxygen atoms in total. The highest BCUT2D eigenvalue weighted by Gasteiger charge is 2.22. The van der Waals surface area contributed by atoms with Crippen LogP contribution in [0.1, 0.15) is 13.3 Å². The predicted octanol–water partition coefficient (Wildman–Crippen LogP) is -0.602. The molecule has 0 atom stereocenters. The van der Waals surface area contributed by atoms with Gasteiger partial charge in [0.2, 0.25) is 5.91 Å². The minimum absolute atomic E-state index is 0.189. The third kappa shape index (κ3) is 4.44. The second-order valence-electron chi connectivity index (χ2n) is 3.32. The smallest absolute Gasteiger partial charge is 0.394 e. The van der Waals surface area contributed by atoms with Gasteiger partial charge in [-0.1, -0.05) is 6.92 Å². The number of likely N-dealkylation sites (N-methyl/N-ethyl adjacent to an activating group) is 1. The molecule has 6 heteroatoms. The van der Waals surface area contributed by atoms with Gasteiger partial charge in [-0.05, 0) is 6.42 Å². The van der Waals surface area contributed by atoms with Crippen molar-refractivity contribution in [2.24, 2.45) is 0 Å². The van der Waals surface area contributed by atoms with Crippen molar-refractivity contribution < 1.29 is 19.5 Å². The molecule has 0 aliphatic carbocycles. The van der Waals surface area contributed by atoms with E-state index < -0.39 is 11.9 Å². The number of amides is 2. The highest BCUT2D eigenvalue weighted by atomic mass is 16.4. The third-order valence-electron chi connectivity index (χ3n) is 1.79. The Kier molecular flexibility index (Phi) is 5.36. The third-order valence-corrected chi connectivity index (χ3v) is 1.79. The molecule has 0 aromatic carbocycles. The summed E-state index contributed by atoms with van der Waals surface area (Å²) in [7, 11) is 3.11. The van der Waals surface area contributed by atoms with Gasteiger partial charge in [0.1, 0.15) is 6.54 Å². The highest BCUT2D eigenvalue weighted by molar-refractivity contribution is 6.31. The van der Waals surface area contributed by atoms with Crippen LogP contribution < -0.4 is 0 Å². The molecule has 0 spiro atoms. The van der Waals surface area contributed by atoms with Gasteiger partial charge in [0.25, 0.3) is 0 Å². The molecule has 0 bridgehead atoms. The lowest BCUT2D eigenvalue weighted by Gasteiger charge is -2.21. The molecule has 86 valence electrons. The van der Waals surface area contributed by atoms with Crippen molar-refractivity contribution in [3.05, 3.63) is 0 Å². The Hall–Kier alpha value is -1.59. The van der Waals surface area contributed by atoms with Crippen LogP contribution in [0, 0.1) is 0 Å². The van der Waals surface area contributed by atoms with Crippen molar-refractivity contribution in [2.45, 2.75) is 13.3 Å². The van der Waals surface area contributed by atoms with Gasteiger partial charge >= 0.3 is 11.9 Å². The van der Waals surface area contributed by atoms with Gasteiger partial charge in [-0.15, -0.1) is 0 Å². The summed E-state index contributed by atoms with van der Waals surface area (Å²) in [5.74, 6) is -2.86. The Morgan fingerprint density at radius 2 is 1.73 bits per heavy atom. The van der Waals surface area contributed by atoms with Crippen LogP contribution in [0.15, 0.2) is 0 Å². The molecule has 2 amide bonds. The van der Waals surface area contributed by atoms with Gasteiger partial charge in [0.05, 0.1) is 0 Å². The number of carboxylic acid groups (broad SMARTS) is 1. The quantitative estimate of drug-likeness (QED) is 0.636. The van der Waals surface area contributed by atoms with Crippen molar-refractivity contribution in [1.29, 1.82) is 0 Å². The number of rotatable bonds is 4. The Labute approximate surface area is 88.5 Å². The lowest BCUT2D eigenvalue weighted by atomic mass is 10.3. The Morgan fingerprint density at radius 3 is 2.07 bits per heavy atom. The molecule has 1 N–H and O–H groups in total. The number of carbonyl (C=O) groups excluding carboxylic acids is 2. The molecule has 0 aliphatic heterocycles. The second-order valence-corrected chi connectivity index (χ2v) is 3.32. The van der Waals surface area contributed by atoms with Crippen LogP contribution in [0.3, 0.4) is 0 Å². The number of hydrogen-bond acceptors (Lipinski definition) is 3. The minimum atomic E-state index is -1.53. The zero-order valence-electron chi connectivity index (χ0n) is 9.19. The van der Waals surface area contributed by atoms with Crippen LogP contribution in [0.5, 0.6) is 0 Å². The molecule has 0 unspecified atom stereocenters. The van der Waals surface area contributed by atoms with Gasteiger partial charge in [-0.3, -0.25) is 9.59 Å². The molecule has 0 aromatic rings. The first-order valence-electron chi connectivity index (χ1n) is 4.62. The first-order chi connectivity index (χ1) is 6.90. The van der Waals surface area contributed by atoms with Crippen molar-refractivity contribution >= 4 is 17.8 Å². The summed E-state index contributed by atoms with van der Waals surface area (Å²) < 4.78 is 0. The fourth-order valence-corrected chi connectivity index (χ4v) is 0.962. The normalized spacial score (nSPS) is 9.53. The maximum Gasteiger partial charge on any atom is 0.394 e. The molecule has 0 saturated carbocycles. The van der Waals surface area contributed by atoms with Crippen LogP contribution in [-0.4, -0.2) is 59.9 Å². The molecule has 0 aromatic heterocycles. The summed E-state index contributed by atoms with van der Waals surface area (Å²) in [5.41, 5.74) is 0. The molecular weight excluding hydrogens is 200 g/mol. The van der Waals surface area contributed by atoms with Crippen LogP contribution in [0.4, 0.5) is 0 Å². The minimum Gasteiger partial charge on any atom is -0.474 e. The maximum absolute atomic E-state index is 11.3. The summed E-state index contributed by atoms with van der Waals surface area (Å²) >= 11 is 0. The van der Waals surface area contributed by atoms with E-state index in [1.807, 2.05) is 6.92 Å². The van der Waals surface area contributed by atoms with Crippen molar-refractivity contribution in [1.82, 2.24) is 9.80 Å². The largest absolute Gasteiger partial charge is 0.474 e. The van der Waals surface area contributed by atoms with Crippen LogP contribution in [0.25, 0.3) is 0 Å². The van der Waals surface area contributed by atoms with Crippen molar-refractivity contribution in [3.63, 3.8) is 0 Å². The zero-order chi connectivity index (χ0) is 12.0. The second kappa shape index (κ2) is 6.00. The number of hydrogen-bond donors (Lipinski definition) is 1. The van der Waals surface area contributed by atoms with E-state index in [-0.39, 0.29) is 19.0 Å². The summed E-state index contributed by atoms with van der Waals surface area (Å²) in [5, 5.41) is 8.51. The SMILES string of the molecule is CCCN(CC(=O)N(C)C)C(=O)C(=O)O. The summed E-state index contributed by atoms with van der Waals surface area (Å²) in [4.78, 5) is 35.2. The first kappa shape index (κ1) is 13.4. The zero-order valence-corrected chi connectivity index (χ0v) is 9.19. The fraction of sp³-hybridized carbons (Fsp3) is 0.667. The Morgan fingerprint density at radius 1 is 1.20 bits per heavy atom. The van der Waals surface area contributed by atoms with Crippen molar-refractivity contribution in [2.75, 3.05) is 27.2 Å². The molecule has 0 saturated heterocycles. The Balaban J connectivity index is 4.47. The van der Waals surface area contributed by atoms with Gasteiger partial charge in [0.15, 0.2) is 0 Å². The van der Waals surface area contributed by atoms with E-state index in [0.717, 1.165) is 4.90 Å². The topological polar surface area (TPSA) is 77.9 Å². The molecular formula is C9H16N2O4. The lowest BCUT2D eigenvalue weighted by Crippen LogP contribution is -2.43. The predicted molar refractivity (Wildman–Crippen MR) is 53.2 cm³/mol. The van der Waals surface area contributed by atoms with Crippen LogP contribution in [-0.2, 0) is 14.4 Å². The van der Waals surface area contributed by atoms with E-state index in [4.69, 9.17) is 5.11 Å². The average Bonchev–Trinajstić information content (AvgIpc) is 2.15. The standard InChI is InChI=1S/C9H16N2O4/c1-4-5-11(8(13)9(14)15)6-7(12)10(2)3/h4-6H2,1-3H3,(H,14,15). The van der Waals surface area contributed by atoms with Crippen LogP contribution in [0.2, 0.25) is 0 Å².